The van der Waals surface area contributed by atoms with E-state index >= 15 is 0 Å². The molecule has 0 bridgehead atoms. The first-order chi connectivity index (χ1) is 8.10. The standard InChI is InChI=1S/C10H18N2O5/c11-3-6-17-7-8(13)12-10(9(14)15)1-4-16-5-2-10/h1-7,11H2,(H,12,13)(H,14,15). The van der Waals surface area contributed by atoms with Gasteiger partial charge in [0.15, 0.2) is 0 Å². The average Bonchev–Trinajstić information content (AvgIpc) is 2.30. The van der Waals surface area contributed by atoms with Crippen LogP contribution in [-0.4, -0.2) is 55.5 Å². The predicted octanol–water partition coefficient (Wildman–Crippen LogP) is -1.29. The van der Waals surface area contributed by atoms with Gasteiger partial charge in [0.2, 0.25) is 5.91 Å². The number of rotatable bonds is 6. The number of carbonyl (C=O) groups excluding carboxylic acids is 1. The molecule has 98 valence electrons. The summed E-state index contributed by atoms with van der Waals surface area (Å²) in [5, 5.41) is 11.7. The first-order valence-corrected chi connectivity index (χ1v) is 5.51. The topological polar surface area (TPSA) is 111 Å². The highest BCUT2D eigenvalue weighted by Crippen LogP contribution is 2.20. The Morgan fingerprint density at radius 1 is 1.41 bits per heavy atom. The Labute approximate surface area is 99.3 Å². The lowest BCUT2D eigenvalue weighted by molar-refractivity contribution is -0.152. The van der Waals surface area contributed by atoms with E-state index in [0.717, 1.165) is 0 Å². The molecule has 1 aliphatic heterocycles. The molecule has 0 spiro atoms. The molecule has 4 N–H and O–H groups in total. The zero-order valence-electron chi connectivity index (χ0n) is 9.61. The van der Waals surface area contributed by atoms with Crippen LogP contribution in [0.1, 0.15) is 12.8 Å². The van der Waals surface area contributed by atoms with Crippen LogP contribution in [0, 0.1) is 0 Å². The number of nitrogens with two attached hydrogens (primary N) is 1. The summed E-state index contributed by atoms with van der Waals surface area (Å²) in [4.78, 5) is 22.7. The minimum Gasteiger partial charge on any atom is -0.480 e. The van der Waals surface area contributed by atoms with Crippen molar-refractivity contribution in [2.24, 2.45) is 5.73 Å². The van der Waals surface area contributed by atoms with Gasteiger partial charge < -0.3 is 25.6 Å². The maximum Gasteiger partial charge on any atom is 0.329 e. The van der Waals surface area contributed by atoms with Crippen molar-refractivity contribution >= 4 is 11.9 Å². The lowest BCUT2D eigenvalue weighted by Crippen LogP contribution is -2.58. The second kappa shape index (κ2) is 6.53. The second-order valence-corrected chi connectivity index (χ2v) is 3.89. The fraction of sp³-hybridized carbons (Fsp3) is 0.800. The summed E-state index contributed by atoms with van der Waals surface area (Å²) in [5.41, 5.74) is 3.99. The smallest absolute Gasteiger partial charge is 0.329 e. The number of carboxylic acid groups (broad SMARTS) is 1. The molecule has 0 aromatic rings. The van der Waals surface area contributed by atoms with Gasteiger partial charge in [0, 0.05) is 32.6 Å². The molecule has 1 saturated heterocycles. The van der Waals surface area contributed by atoms with Gasteiger partial charge in [-0.3, -0.25) is 4.79 Å². The molecule has 0 saturated carbocycles. The van der Waals surface area contributed by atoms with E-state index in [1.165, 1.54) is 0 Å². The van der Waals surface area contributed by atoms with Gasteiger partial charge in [0.25, 0.3) is 0 Å². The minimum absolute atomic E-state index is 0.174. The van der Waals surface area contributed by atoms with Crippen LogP contribution < -0.4 is 11.1 Å². The van der Waals surface area contributed by atoms with Gasteiger partial charge in [0.05, 0.1) is 6.61 Å². The number of carboxylic acids is 1. The molecule has 1 rings (SSSR count). The molecule has 7 nitrogen and oxygen atoms in total. The molecule has 0 unspecified atom stereocenters. The fourth-order valence-electron chi connectivity index (χ4n) is 1.66. The van der Waals surface area contributed by atoms with Gasteiger partial charge in [-0.25, -0.2) is 4.79 Å². The molecule has 1 aliphatic rings. The second-order valence-electron chi connectivity index (χ2n) is 3.89. The zero-order valence-corrected chi connectivity index (χ0v) is 9.61. The number of hydrogen-bond acceptors (Lipinski definition) is 5. The largest absolute Gasteiger partial charge is 0.480 e. The van der Waals surface area contributed by atoms with Crippen LogP contribution in [0.2, 0.25) is 0 Å². The fourth-order valence-corrected chi connectivity index (χ4v) is 1.66. The molecule has 7 heteroatoms. The highest BCUT2D eigenvalue weighted by atomic mass is 16.5. The van der Waals surface area contributed by atoms with Crippen LogP contribution in [0.15, 0.2) is 0 Å². The number of hydrogen-bond donors (Lipinski definition) is 3. The molecule has 17 heavy (non-hydrogen) atoms. The van der Waals surface area contributed by atoms with E-state index in [-0.39, 0.29) is 26.1 Å². The monoisotopic (exact) mass is 246 g/mol. The third kappa shape index (κ3) is 3.95. The van der Waals surface area contributed by atoms with Crippen molar-refractivity contribution < 1.29 is 24.2 Å². The normalized spacial score (nSPS) is 18.6. The van der Waals surface area contributed by atoms with E-state index in [2.05, 4.69) is 5.32 Å². The van der Waals surface area contributed by atoms with Crippen LogP contribution in [0.25, 0.3) is 0 Å². The Hall–Kier alpha value is -1.18. The van der Waals surface area contributed by atoms with E-state index < -0.39 is 17.4 Å². The van der Waals surface area contributed by atoms with Crippen LogP contribution in [-0.2, 0) is 19.1 Å². The van der Waals surface area contributed by atoms with Crippen LogP contribution in [0.3, 0.4) is 0 Å². The third-order valence-electron chi connectivity index (χ3n) is 2.63. The molecule has 0 atom stereocenters. The average molecular weight is 246 g/mol. The van der Waals surface area contributed by atoms with Crippen molar-refractivity contribution in [3.8, 4) is 0 Å². The maximum absolute atomic E-state index is 11.5. The van der Waals surface area contributed by atoms with Gasteiger partial charge in [-0.2, -0.15) is 0 Å². The van der Waals surface area contributed by atoms with E-state index in [0.29, 0.717) is 19.8 Å². The molecule has 1 fully saturated rings. The van der Waals surface area contributed by atoms with Crippen molar-refractivity contribution in [1.29, 1.82) is 0 Å². The zero-order chi connectivity index (χ0) is 12.7. The Morgan fingerprint density at radius 3 is 2.59 bits per heavy atom. The van der Waals surface area contributed by atoms with E-state index in [9.17, 15) is 14.7 Å². The highest BCUT2D eigenvalue weighted by molar-refractivity contribution is 5.87. The van der Waals surface area contributed by atoms with E-state index in [1.807, 2.05) is 0 Å². The van der Waals surface area contributed by atoms with Crippen molar-refractivity contribution in [3.05, 3.63) is 0 Å². The van der Waals surface area contributed by atoms with E-state index in [1.54, 1.807) is 0 Å². The first kappa shape index (κ1) is 13.9. The molecule has 1 heterocycles. The SMILES string of the molecule is NCCOCC(=O)NC1(C(=O)O)CCOCC1. The number of carbonyl (C=O) groups is 2. The molecule has 0 aliphatic carbocycles. The molecule has 1 amide bonds. The number of ether oxygens (including phenoxy) is 2. The summed E-state index contributed by atoms with van der Waals surface area (Å²) < 4.78 is 10.0. The summed E-state index contributed by atoms with van der Waals surface area (Å²) in [6.45, 7) is 1.08. The van der Waals surface area contributed by atoms with Gasteiger partial charge >= 0.3 is 5.97 Å². The van der Waals surface area contributed by atoms with Gasteiger partial charge in [-0.1, -0.05) is 0 Å². The van der Waals surface area contributed by atoms with Crippen LogP contribution >= 0.6 is 0 Å². The first-order valence-electron chi connectivity index (χ1n) is 5.51. The summed E-state index contributed by atoms with van der Waals surface area (Å²) in [5.74, 6) is -1.48. The van der Waals surface area contributed by atoms with Gasteiger partial charge in [-0.05, 0) is 0 Å². The number of aliphatic carboxylic acids is 1. The highest BCUT2D eigenvalue weighted by Gasteiger charge is 2.41. The summed E-state index contributed by atoms with van der Waals surface area (Å²) in [7, 11) is 0. The Morgan fingerprint density at radius 2 is 2.06 bits per heavy atom. The molecular weight excluding hydrogens is 228 g/mol. The van der Waals surface area contributed by atoms with Gasteiger partial charge in [0.1, 0.15) is 12.1 Å². The summed E-state index contributed by atoms with van der Waals surface area (Å²) >= 11 is 0. The Kier molecular flexibility index (Phi) is 5.33. The molecular formula is C10H18N2O5. The van der Waals surface area contributed by atoms with Crippen molar-refractivity contribution in [2.45, 2.75) is 18.4 Å². The summed E-state index contributed by atoms with van der Waals surface area (Å²) in [6.07, 6.45) is 0.538. The molecule has 0 radical (unpaired) electrons. The van der Waals surface area contributed by atoms with E-state index in [4.69, 9.17) is 15.2 Å². The van der Waals surface area contributed by atoms with Gasteiger partial charge in [-0.15, -0.1) is 0 Å². The Bertz CT molecular complexity index is 276. The lowest BCUT2D eigenvalue weighted by atomic mass is 9.90. The third-order valence-corrected chi connectivity index (χ3v) is 2.63. The summed E-state index contributed by atoms with van der Waals surface area (Å²) in [6, 6.07) is 0. The minimum atomic E-state index is -1.22. The number of nitrogens with one attached hydrogen (secondary N) is 1. The predicted molar refractivity (Wildman–Crippen MR) is 58.4 cm³/mol. The molecule has 0 aromatic carbocycles. The Balaban J connectivity index is 2.48. The van der Waals surface area contributed by atoms with Crippen LogP contribution in [0.5, 0.6) is 0 Å². The molecule has 0 aromatic heterocycles. The van der Waals surface area contributed by atoms with Crippen molar-refractivity contribution in [2.75, 3.05) is 33.0 Å². The van der Waals surface area contributed by atoms with Crippen molar-refractivity contribution in [1.82, 2.24) is 5.32 Å². The maximum atomic E-state index is 11.5. The quantitative estimate of drug-likeness (QED) is 0.503. The van der Waals surface area contributed by atoms with Crippen LogP contribution in [0.4, 0.5) is 0 Å². The lowest BCUT2D eigenvalue weighted by Gasteiger charge is -2.33. The number of amides is 1. The van der Waals surface area contributed by atoms with Crippen molar-refractivity contribution in [3.63, 3.8) is 0 Å².